The van der Waals surface area contributed by atoms with Crippen molar-refractivity contribution in [3.8, 4) is 0 Å². The van der Waals surface area contributed by atoms with Crippen molar-refractivity contribution in [2.45, 2.75) is 6.54 Å². The number of carbonyl (C=O) groups is 1. The van der Waals surface area contributed by atoms with Crippen LogP contribution >= 0.6 is 0 Å². The first-order valence-electron chi connectivity index (χ1n) is 6.31. The van der Waals surface area contributed by atoms with E-state index in [1.54, 1.807) is 24.4 Å². The van der Waals surface area contributed by atoms with Gasteiger partial charge in [0.25, 0.3) is 11.2 Å². The minimum absolute atomic E-state index is 0.0192. The van der Waals surface area contributed by atoms with E-state index in [0.29, 0.717) is 0 Å². The molecule has 1 aromatic heterocycles. The smallest absolute Gasteiger partial charge is 0.328 e. The van der Waals surface area contributed by atoms with Gasteiger partial charge in [-0.05, 0) is 23.8 Å². The van der Waals surface area contributed by atoms with Crippen LogP contribution < -0.4 is 5.56 Å². The zero-order chi connectivity index (χ0) is 16.1. The largest absolute Gasteiger partial charge is 0.478 e. The Morgan fingerprint density at radius 1 is 1.27 bits per heavy atom. The summed E-state index contributed by atoms with van der Waals surface area (Å²) in [5.41, 5.74) is 0.631. The molecule has 0 radical (unpaired) electrons. The van der Waals surface area contributed by atoms with Gasteiger partial charge in [0.15, 0.2) is 0 Å². The summed E-state index contributed by atoms with van der Waals surface area (Å²) >= 11 is 0. The predicted octanol–water partition coefficient (Wildman–Crippen LogP) is 1.90. The zero-order valence-electron chi connectivity index (χ0n) is 11.4. The van der Waals surface area contributed by atoms with Crippen molar-refractivity contribution in [2.24, 2.45) is 0 Å². The molecule has 0 saturated heterocycles. The lowest BCUT2D eigenvalue weighted by molar-refractivity contribution is -0.384. The third-order valence-corrected chi connectivity index (χ3v) is 2.96. The SMILES string of the molecule is O=C(O)/C=C/c1cccn(Cc2ccc([N+](=O)[O-])cc2)c1=O. The Hall–Kier alpha value is -3.22. The van der Waals surface area contributed by atoms with Crippen molar-refractivity contribution >= 4 is 17.7 Å². The van der Waals surface area contributed by atoms with Crippen molar-refractivity contribution in [3.05, 3.63) is 80.3 Å². The van der Waals surface area contributed by atoms with Gasteiger partial charge in [0, 0.05) is 30.0 Å². The molecule has 22 heavy (non-hydrogen) atoms. The van der Waals surface area contributed by atoms with E-state index in [9.17, 15) is 19.7 Å². The molecule has 112 valence electrons. The number of benzene rings is 1. The Labute approximate surface area is 124 Å². The summed E-state index contributed by atoms with van der Waals surface area (Å²) in [6.45, 7) is 0.242. The van der Waals surface area contributed by atoms with Crippen LogP contribution in [0.3, 0.4) is 0 Å². The Balaban J connectivity index is 2.26. The molecule has 2 aromatic rings. The molecule has 7 nitrogen and oxygen atoms in total. The van der Waals surface area contributed by atoms with E-state index >= 15 is 0 Å². The molecule has 1 N–H and O–H groups in total. The average molecular weight is 300 g/mol. The molecule has 0 saturated carbocycles. The predicted molar refractivity (Wildman–Crippen MR) is 79.6 cm³/mol. The fraction of sp³-hybridized carbons (Fsp3) is 0.0667. The second-order valence-corrected chi connectivity index (χ2v) is 4.49. The van der Waals surface area contributed by atoms with Gasteiger partial charge in [-0.25, -0.2) is 4.79 Å². The molecule has 0 aliphatic rings. The fourth-order valence-corrected chi connectivity index (χ4v) is 1.89. The van der Waals surface area contributed by atoms with Crippen molar-refractivity contribution in [1.82, 2.24) is 4.57 Å². The number of nitro groups is 1. The quantitative estimate of drug-likeness (QED) is 0.516. The molecule has 7 heteroatoms. The maximum Gasteiger partial charge on any atom is 0.328 e. The van der Waals surface area contributed by atoms with Crippen molar-refractivity contribution in [1.29, 1.82) is 0 Å². The van der Waals surface area contributed by atoms with Gasteiger partial charge < -0.3 is 9.67 Å². The molecular weight excluding hydrogens is 288 g/mol. The topological polar surface area (TPSA) is 102 Å². The molecule has 0 amide bonds. The van der Waals surface area contributed by atoms with E-state index < -0.39 is 10.9 Å². The van der Waals surface area contributed by atoms with Gasteiger partial charge in [-0.2, -0.15) is 0 Å². The third-order valence-electron chi connectivity index (χ3n) is 2.96. The van der Waals surface area contributed by atoms with Crippen LogP contribution in [-0.4, -0.2) is 20.6 Å². The van der Waals surface area contributed by atoms with Gasteiger partial charge in [0.1, 0.15) is 0 Å². The molecule has 0 unspecified atom stereocenters. The summed E-state index contributed by atoms with van der Waals surface area (Å²) in [6.07, 6.45) is 3.70. The van der Waals surface area contributed by atoms with Gasteiger partial charge in [-0.3, -0.25) is 14.9 Å². The number of carboxylic acid groups (broad SMARTS) is 1. The Kier molecular flexibility index (Phi) is 4.47. The minimum Gasteiger partial charge on any atom is -0.478 e. The molecule has 0 spiro atoms. The van der Waals surface area contributed by atoms with Gasteiger partial charge in [0.2, 0.25) is 0 Å². The van der Waals surface area contributed by atoms with E-state index in [-0.39, 0.29) is 23.4 Å². The van der Waals surface area contributed by atoms with Crippen LogP contribution in [0.15, 0.2) is 53.5 Å². The first-order valence-corrected chi connectivity index (χ1v) is 6.31. The lowest BCUT2D eigenvalue weighted by Gasteiger charge is -2.06. The van der Waals surface area contributed by atoms with E-state index in [1.165, 1.54) is 28.8 Å². The highest BCUT2D eigenvalue weighted by Crippen LogP contribution is 2.12. The molecule has 1 heterocycles. The summed E-state index contributed by atoms with van der Waals surface area (Å²) in [4.78, 5) is 32.8. The van der Waals surface area contributed by atoms with Crippen LogP contribution in [0.25, 0.3) is 6.08 Å². The number of carboxylic acids is 1. The molecular formula is C15H12N2O5. The molecule has 0 aliphatic heterocycles. The Morgan fingerprint density at radius 3 is 2.55 bits per heavy atom. The number of pyridine rings is 1. The first kappa shape index (κ1) is 15.2. The lowest BCUT2D eigenvalue weighted by Crippen LogP contribution is -2.21. The number of hydrogen-bond acceptors (Lipinski definition) is 4. The molecule has 2 rings (SSSR count). The summed E-state index contributed by atoms with van der Waals surface area (Å²) in [7, 11) is 0. The Morgan fingerprint density at radius 2 is 1.95 bits per heavy atom. The zero-order valence-corrected chi connectivity index (χ0v) is 11.4. The second kappa shape index (κ2) is 6.49. The van der Waals surface area contributed by atoms with Gasteiger partial charge >= 0.3 is 5.97 Å². The number of nitrogens with zero attached hydrogens (tertiary/aromatic N) is 2. The van der Waals surface area contributed by atoms with Gasteiger partial charge in [-0.15, -0.1) is 0 Å². The summed E-state index contributed by atoms with van der Waals surface area (Å²) in [6, 6.07) is 9.04. The summed E-state index contributed by atoms with van der Waals surface area (Å²) < 4.78 is 1.41. The van der Waals surface area contributed by atoms with E-state index in [1.807, 2.05) is 0 Å². The van der Waals surface area contributed by atoms with Crippen LogP contribution in [0, 0.1) is 10.1 Å². The second-order valence-electron chi connectivity index (χ2n) is 4.49. The molecule has 0 bridgehead atoms. The molecule has 0 fully saturated rings. The fourth-order valence-electron chi connectivity index (χ4n) is 1.89. The highest BCUT2D eigenvalue weighted by atomic mass is 16.6. The number of aliphatic carboxylic acids is 1. The number of rotatable bonds is 5. The average Bonchev–Trinajstić information content (AvgIpc) is 2.48. The monoisotopic (exact) mass is 300 g/mol. The van der Waals surface area contributed by atoms with E-state index in [0.717, 1.165) is 11.6 Å². The van der Waals surface area contributed by atoms with Crippen LogP contribution in [0.2, 0.25) is 0 Å². The lowest BCUT2D eigenvalue weighted by atomic mass is 10.2. The van der Waals surface area contributed by atoms with Crippen molar-refractivity contribution in [2.75, 3.05) is 0 Å². The van der Waals surface area contributed by atoms with Crippen LogP contribution in [0.4, 0.5) is 5.69 Å². The number of non-ortho nitro benzene ring substituents is 1. The number of nitro benzene ring substituents is 1. The first-order chi connectivity index (χ1) is 10.5. The van der Waals surface area contributed by atoms with E-state index in [4.69, 9.17) is 5.11 Å². The standard InChI is InChI=1S/C15H12N2O5/c18-14(19)8-5-12-2-1-9-16(15(12)20)10-11-3-6-13(7-4-11)17(21)22/h1-9H,10H2,(H,18,19)/b8-5+. The Bertz CT molecular complexity index is 790. The van der Waals surface area contributed by atoms with Crippen LogP contribution in [0.1, 0.15) is 11.1 Å². The van der Waals surface area contributed by atoms with Crippen molar-refractivity contribution < 1.29 is 14.8 Å². The van der Waals surface area contributed by atoms with Crippen LogP contribution in [-0.2, 0) is 11.3 Å². The summed E-state index contributed by atoms with van der Waals surface area (Å²) in [5, 5.41) is 19.2. The highest BCUT2D eigenvalue weighted by molar-refractivity contribution is 5.85. The maximum absolute atomic E-state index is 12.2. The maximum atomic E-state index is 12.2. The van der Waals surface area contributed by atoms with Gasteiger partial charge in [0.05, 0.1) is 11.5 Å². The highest BCUT2D eigenvalue weighted by Gasteiger charge is 2.06. The third kappa shape index (κ3) is 3.66. The van der Waals surface area contributed by atoms with Crippen molar-refractivity contribution in [3.63, 3.8) is 0 Å². The number of hydrogen-bond donors (Lipinski definition) is 1. The molecule has 0 aliphatic carbocycles. The van der Waals surface area contributed by atoms with Gasteiger partial charge in [-0.1, -0.05) is 12.1 Å². The normalized spacial score (nSPS) is 10.7. The minimum atomic E-state index is -1.13. The van der Waals surface area contributed by atoms with E-state index in [2.05, 4.69) is 0 Å². The van der Waals surface area contributed by atoms with Crippen LogP contribution in [0.5, 0.6) is 0 Å². The molecule has 1 aromatic carbocycles. The number of aromatic nitrogens is 1. The molecule has 0 atom stereocenters. The summed E-state index contributed by atoms with van der Waals surface area (Å²) in [5.74, 6) is -1.13.